The van der Waals surface area contributed by atoms with Crippen molar-refractivity contribution in [2.75, 3.05) is 5.32 Å². The Kier molecular flexibility index (Phi) is 5.24. The van der Waals surface area contributed by atoms with Gasteiger partial charge in [0.1, 0.15) is 5.75 Å². The average molecular weight is 327 g/mol. The van der Waals surface area contributed by atoms with Crippen LogP contribution in [0.1, 0.15) is 34.0 Å². The minimum atomic E-state index is -0.939. The highest BCUT2D eigenvalue weighted by Gasteiger charge is 2.20. The summed E-state index contributed by atoms with van der Waals surface area (Å²) in [7, 11) is 0. The Labute approximate surface area is 141 Å². The maximum atomic E-state index is 12.3. The SMILES string of the molecule is Cc1cc(C)c(NC(=O)[C@H](C)OC(=O)c2ccc(O)cc2)c(C)c1. The minimum Gasteiger partial charge on any atom is -0.508 e. The Morgan fingerprint density at radius 1 is 1.04 bits per heavy atom. The van der Waals surface area contributed by atoms with E-state index in [1.54, 1.807) is 0 Å². The lowest BCUT2D eigenvalue weighted by Gasteiger charge is -2.17. The number of carbonyl (C=O) groups is 2. The first-order chi connectivity index (χ1) is 11.3. The second kappa shape index (κ2) is 7.17. The van der Waals surface area contributed by atoms with Crippen molar-refractivity contribution >= 4 is 17.6 Å². The lowest BCUT2D eigenvalue weighted by atomic mass is 10.0. The molecule has 0 unspecified atom stereocenters. The summed E-state index contributed by atoms with van der Waals surface area (Å²) in [6.07, 6.45) is -0.939. The van der Waals surface area contributed by atoms with E-state index in [2.05, 4.69) is 5.32 Å². The quantitative estimate of drug-likeness (QED) is 0.843. The molecule has 0 spiro atoms. The van der Waals surface area contributed by atoms with Gasteiger partial charge in [-0.2, -0.15) is 0 Å². The van der Waals surface area contributed by atoms with Crippen LogP contribution in [0, 0.1) is 20.8 Å². The monoisotopic (exact) mass is 327 g/mol. The normalized spacial score (nSPS) is 11.7. The third-order valence-corrected chi connectivity index (χ3v) is 3.68. The average Bonchev–Trinajstić information content (AvgIpc) is 2.51. The van der Waals surface area contributed by atoms with Crippen LogP contribution in [0.2, 0.25) is 0 Å². The smallest absolute Gasteiger partial charge is 0.338 e. The van der Waals surface area contributed by atoms with Crippen molar-refractivity contribution in [3.8, 4) is 5.75 Å². The lowest BCUT2D eigenvalue weighted by molar-refractivity contribution is -0.123. The second-order valence-electron chi connectivity index (χ2n) is 5.86. The van der Waals surface area contributed by atoms with Gasteiger partial charge < -0.3 is 15.2 Å². The van der Waals surface area contributed by atoms with Crippen molar-refractivity contribution in [1.82, 2.24) is 0 Å². The molecule has 1 atom stereocenters. The predicted octanol–water partition coefficient (Wildman–Crippen LogP) is 3.50. The zero-order chi connectivity index (χ0) is 17.9. The summed E-state index contributed by atoms with van der Waals surface area (Å²) in [5.74, 6) is -0.949. The molecule has 5 nitrogen and oxygen atoms in total. The van der Waals surface area contributed by atoms with Gasteiger partial charge in [0, 0.05) is 5.69 Å². The summed E-state index contributed by atoms with van der Waals surface area (Å²) in [6.45, 7) is 7.35. The molecule has 1 amide bonds. The number of aromatic hydroxyl groups is 1. The van der Waals surface area contributed by atoms with Gasteiger partial charge >= 0.3 is 5.97 Å². The van der Waals surface area contributed by atoms with Crippen molar-refractivity contribution in [3.05, 3.63) is 58.7 Å². The zero-order valence-electron chi connectivity index (χ0n) is 14.2. The standard InChI is InChI=1S/C19H21NO4/c1-11-9-12(2)17(13(3)10-11)20-18(22)14(4)24-19(23)15-5-7-16(21)8-6-15/h5-10,14,21H,1-4H3,(H,20,22)/t14-/m0/s1. The van der Waals surface area contributed by atoms with Gasteiger partial charge in [-0.15, -0.1) is 0 Å². The number of hydrogen-bond acceptors (Lipinski definition) is 4. The third kappa shape index (κ3) is 4.13. The first kappa shape index (κ1) is 17.5. The molecule has 2 N–H and O–H groups in total. The van der Waals surface area contributed by atoms with Crippen molar-refractivity contribution in [2.45, 2.75) is 33.8 Å². The summed E-state index contributed by atoms with van der Waals surface area (Å²) in [4.78, 5) is 24.3. The Hall–Kier alpha value is -2.82. The molecule has 2 rings (SSSR count). The van der Waals surface area contributed by atoms with E-state index in [0.717, 1.165) is 22.4 Å². The van der Waals surface area contributed by atoms with Gasteiger partial charge in [0.25, 0.3) is 5.91 Å². The molecule has 0 heterocycles. The van der Waals surface area contributed by atoms with E-state index in [0.29, 0.717) is 0 Å². The van der Waals surface area contributed by atoms with Crippen molar-refractivity contribution < 1.29 is 19.4 Å². The van der Waals surface area contributed by atoms with E-state index >= 15 is 0 Å². The van der Waals surface area contributed by atoms with Crippen molar-refractivity contribution in [3.63, 3.8) is 0 Å². The highest BCUT2D eigenvalue weighted by atomic mass is 16.5. The number of benzene rings is 2. The number of aryl methyl sites for hydroxylation is 3. The zero-order valence-corrected chi connectivity index (χ0v) is 14.2. The first-order valence-electron chi connectivity index (χ1n) is 7.66. The molecule has 126 valence electrons. The molecule has 0 aromatic heterocycles. The van der Waals surface area contributed by atoms with Gasteiger partial charge in [0.05, 0.1) is 5.56 Å². The molecular weight excluding hydrogens is 306 g/mol. The summed E-state index contributed by atoms with van der Waals surface area (Å²) in [6, 6.07) is 9.62. The number of carbonyl (C=O) groups excluding carboxylic acids is 2. The van der Waals surface area contributed by atoms with Crippen LogP contribution in [0.4, 0.5) is 5.69 Å². The number of anilines is 1. The van der Waals surface area contributed by atoms with Crippen molar-refractivity contribution in [1.29, 1.82) is 0 Å². The fourth-order valence-electron chi connectivity index (χ4n) is 2.48. The fraction of sp³-hybridized carbons (Fsp3) is 0.263. The van der Waals surface area contributed by atoms with E-state index in [1.807, 2.05) is 32.9 Å². The molecular formula is C19H21NO4. The maximum absolute atomic E-state index is 12.3. The number of rotatable bonds is 4. The van der Waals surface area contributed by atoms with Crippen LogP contribution in [0.5, 0.6) is 5.75 Å². The summed E-state index contributed by atoms with van der Waals surface area (Å²) in [5.41, 5.74) is 4.04. The summed E-state index contributed by atoms with van der Waals surface area (Å²) >= 11 is 0. The second-order valence-corrected chi connectivity index (χ2v) is 5.86. The largest absolute Gasteiger partial charge is 0.508 e. The lowest BCUT2D eigenvalue weighted by Crippen LogP contribution is -2.30. The van der Waals surface area contributed by atoms with E-state index in [9.17, 15) is 14.7 Å². The van der Waals surface area contributed by atoms with E-state index < -0.39 is 18.0 Å². The number of phenolic OH excluding ortho intramolecular Hbond substituents is 1. The van der Waals surface area contributed by atoms with E-state index in [1.165, 1.54) is 31.2 Å². The van der Waals surface area contributed by atoms with Crippen LogP contribution < -0.4 is 5.32 Å². The molecule has 0 aliphatic carbocycles. The Morgan fingerprint density at radius 2 is 1.58 bits per heavy atom. The molecule has 0 bridgehead atoms. The van der Waals surface area contributed by atoms with Crippen molar-refractivity contribution in [2.24, 2.45) is 0 Å². The third-order valence-electron chi connectivity index (χ3n) is 3.68. The Balaban J connectivity index is 2.05. The number of esters is 1. The highest BCUT2D eigenvalue weighted by molar-refractivity contribution is 5.98. The number of phenols is 1. The first-order valence-corrected chi connectivity index (χ1v) is 7.66. The predicted molar refractivity (Wildman–Crippen MR) is 92.3 cm³/mol. The molecule has 2 aromatic carbocycles. The van der Waals surface area contributed by atoms with E-state index in [4.69, 9.17) is 4.74 Å². The molecule has 5 heteroatoms. The molecule has 0 aliphatic heterocycles. The number of amides is 1. The number of hydrogen-bond donors (Lipinski definition) is 2. The molecule has 0 radical (unpaired) electrons. The molecule has 0 saturated carbocycles. The van der Waals surface area contributed by atoms with Gasteiger partial charge in [-0.05, 0) is 63.1 Å². The van der Waals surface area contributed by atoms with Crippen LogP contribution in [-0.4, -0.2) is 23.1 Å². The van der Waals surface area contributed by atoms with Crippen LogP contribution in [0.3, 0.4) is 0 Å². The minimum absolute atomic E-state index is 0.0580. The molecule has 0 saturated heterocycles. The number of ether oxygens (including phenoxy) is 1. The molecule has 24 heavy (non-hydrogen) atoms. The van der Waals surface area contributed by atoms with E-state index in [-0.39, 0.29) is 11.3 Å². The van der Waals surface area contributed by atoms with Gasteiger partial charge in [-0.3, -0.25) is 4.79 Å². The Morgan fingerprint density at radius 3 is 2.12 bits per heavy atom. The van der Waals surface area contributed by atoms with Crippen LogP contribution in [0.25, 0.3) is 0 Å². The molecule has 2 aromatic rings. The summed E-state index contributed by atoms with van der Waals surface area (Å²) in [5, 5.41) is 12.0. The van der Waals surface area contributed by atoms with Crippen LogP contribution in [-0.2, 0) is 9.53 Å². The molecule has 0 aliphatic rings. The number of nitrogens with one attached hydrogen (secondary N) is 1. The fourth-order valence-corrected chi connectivity index (χ4v) is 2.48. The van der Waals surface area contributed by atoms with Gasteiger partial charge in [-0.25, -0.2) is 4.79 Å². The van der Waals surface area contributed by atoms with Crippen LogP contribution in [0.15, 0.2) is 36.4 Å². The van der Waals surface area contributed by atoms with Gasteiger partial charge in [0.15, 0.2) is 6.10 Å². The van der Waals surface area contributed by atoms with Gasteiger partial charge in [0.2, 0.25) is 0 Å². The highest BCUT2D eigenvalue weighted by Crippen LogP contribution is 2.22. The van der Waals surface area contributed by atoms with Gasteiger partial charge in [-0.1, -0.05) is 17.7 Å². The molecule has 0 fully saturated rings. The topological polar surface area (TPSA) is 75.6 Å². The van der Waals surface area contributed by atoms with Crippen LogP contribution >= 0.6 is 0 Å². The Bertz CT molecular complexity index is 742. The maximum Gasteiger partial charge on any atom is 0.338 e. The summed E-state index contributed by atoms with van der Waals surface area (Å²) < 4.78 is 5.18.